The predicted octanol–water partition coefficient (Wildman–Crippen LogP) is 1.83. The summed E-state index contributed by atoms with van der Waals surface area (Å²) in [4.78, 5) is 15.2. The van der Waals surface area contributed by atoms with Crippen molar-refractivity contribution < 1.29 is 0 Å². The smallest absolute Gasteiger partial charge is 0.225 e. The van der Waals surface area contributed by atoms with Gasteiger partial charge >= 0.3 is 0 Å². The lowest BCUT2D eigenvalue weighted by Crippen LogP contribution is -2.24. The Morgan fingerprint density at radius 2 is 1.95 bits per heavy atom. The fourth-order valence-electron chi connectivity index (χ4n) is 2.03. The van der Waals surface area contributed by atoms with Crippen molar-refractivity contribution in [3.63, 3.8) is 0 Å². The molecule has 5 heteroatoms. The van der Waals surface area contributed by atoms with Crippen LogP contribution in [-0.2, 0) is 12.8 Å². The highest BCUT2D eigenvalue weighted by Gasteiger charge is 2.07. The van der Waals surface area contributed by atoms with Gasteiger partial charge < -0.3 is 10.6 Å². The molecule has 2 heterocycles. The number of likely N-dealkylation sites (N-methyl/N-ethyl adjacent to an activating group) is 1. The topological polar surface area (TPSA) is 67.9 Å². The van der Waals surface area contributed by atoms with Gasteiger partial charge in [-0.25, -0.2) is 9.97 Å². The van der Waals surface area contributed by atoms with E-state index < -0.39 is 0 Å². The first-order valence-corrected chi connectivity index (χ1v) is 7.36. The zero-order valence-corrected chi connectivity index (χ0v) is 12.7. The molecule has 0 amide bonds. The van der Waals surface area contributed by atoms with E-state index in [1.807, 2.05) is 48.7 Å². The predicted molar refractivity (Wildman–Crippen MR) is 85.2 cm³/mol. The quantitative estimate of drug-likeness (QED) is 0.840. The standard InChI is InChI=1S/C16H23N5/c1-3-14(17)10-13-11-19-16(20-12-13)21(2)9-7-15-6-4-5-8-18-15/h4-6,8,11-12,14H,3,7,9-10,17H2,1-2H3. The van der Waals surface area contributed by atoms with Crippen LogP contribution >= 0.6 is 0 Å². The fraction of sp³-hybridized carbons (Fsp3) is 0.438. The Balaban J connectivity index is 1.89. The molecule has 2 N–H and O–H groups in total. The zero-order valence-electron chi connectivity index (χ0n) is 12.7. The van der Waals surface area contributed by atoms with Crippen LogP contribution in [0.3, 0.4) is 0 Å². The third-order valence-corrected chi connectivity index (χ3v) is 3.48. The van der Waals surface area contributed by atoms with Crippen molar-refractivity contribution in [1.82, 2.24) is 15.0 Å². The van der Waals surface area contributed by atoms with Crippen molar-refractivity contribution >= 4 is 5.95 Å². The molecule has 5 nitrogen and oxygen atoms in total. The molecule has 1 atom stereocenters. The molecule has 0 fully saturated rings. The van der Waals surface area contributed by atoms with E-state index in [4.69, 9.17) is 5.73 Å². The van der Waals surface area contributed by atoms with E-state index in [9.17, 15) is 0 Å². The van der Waals surface area contributed by atoms with Crippen molar-refractivity contribution in [2.45, 2.75) is 32.2 Å². The number of aromatic nitrogens is 3. The third kappa shape index (κ3) is 4.79. The van der Waals surface area contributed by atoms with Gasteiger partial charge in [0.05, 0.1) is 0 Å². The number of hydrogen-bond acceptors (Lipinski definition) is 5. The minimum atomic E-state index is 0.182. The average Bonchev–Trinajstić information content (AvgIpc) is 2.54. The van der Waals surface area contributed by atoms with E-state index in [1.165, 1.54) is 0 Å². The van der Waals surface area contributed by atoms with Gasteiger partial charge in [0.2, 0.25) is 5.95 Å². The highest BCUT2D eigenvalue weighted by Crippen LogP contribution is 2.08. The second-order valence-corrected chi connectivity index (χ2v) is 5.26. The first-order valence-electron chi connectivity index (χ1n) is 7.36. The molecular formula is C16H23N5. The van der Waals surface area contributed by atoms with Crippen LogP contribution in [0.15, 0.2) is 36.8 Å². The summed E-state index contributed by atoms with van der Waals surface area (Å²) >= 11 is 0. The molecule has 0 bridgehead atoms. The first-order chi connectivity index (χ1) is 10.2. The Kier molecular flexibility index (Phi) is 5.63. The number of pyridine rings is 1. The van der Waals surface area contributed by atoms with Gasteiger partial charge in [0.25, 0.3) is 0 Å². The molecule has 21 heavy (non-hydrogen) atoms. The van der Waals surface area contributed by atoms with Gasteiger partial charge in [-0.1, -0.05) is 13.0 Å². The van der Waals surface area contributed by atoms with Crippen molar-refractivity contribution in [2.75, 3.05) is 18.5 Å². The first kappa shape index (κ1) is 15.4. The minimum absolute atomic E-state index is 0.182. The molecule has 0 saturated heterocycles. The van der Waals surface area contributed by atoms with Crippen molar-refractivity contribution in [1.29, 1.82) is 0 Å². The number of rotatable bonds is 7. The van der Waals surface area contributed by atoms with Crippen LogP contribution in [0.2, 0.25) is 0 Å². The second-order valence-electron chi connectivity index (χ2n) is 5.26. The summed E-state index contributed by atoms with van der Waals surface area (Å²) in [5, 5.41) is 0. The van der Waals surface area contributed by atoms with E-state index in [0.29, 0.717) is 0 Å². The van der Waals surface area contributed by atoms with E-state index in [-0.39, 0.29) is 6.04 Å². The van der Waals surface area contributed by atoms with Crippen LogP contribution in [0.5, 0.6) is 0 Å². The molecule has 2 rings (SSSR count). The minimum Gasteiger partial charge on any atom is -0.343 e. The molecular weight excluding hydrogens is 262 g/mol. The van der Waals surface area contributed by atoms with Crippen LogP contribution in [0.25, 0.3) is 0 Å². The van der Waals surface area contributed by atoms with E-state index in [2.05, 4.69) is 21.9 Å². The Hall–Kier alpha value is -2.01. The van der Waals surface area contributed by atoms with Gasteiger partial charge in [0.15, 0.2) is 0 Å². The van der Waals surface area contributed by atoms with Crippen LogP contribution in [-0.4, -0.2) is 34.6 Å². The molecule has 0 aliphatic heterocycles. The van der Waals surface area contributed by atoms with Crippen molar-refractivity contribution in [2.24, 2.45) is 5.73 Å². The molecule has 0 radical (unpaired) electrons. The maximum Gasteiger partial charge on any atom is 0.225 e. The highest BCUT2D eigenvalue weighted by molar-refractivity contribution is 5.29. The van der Waals surface area contributed by atoms with E-state index >= 15 is 0 Å². The summed E-state index contributed by atoms with van der Waals surface area (Å²) in [7, 11) is 2.00. The third-order valence-electron chi connectivity index (χ3n) is 3.48. The largest absolute Gasteiger partial charge is 0.343 e. The van der Waals surface area contributed by atoms with Crippen LogP contribution in [0, 0.1) is 0 Å². The average molecular weight is 285 g/mol. The van der Waals surface area contributed by atoms with Gasteiger partial charge in [-0.05, 0) is 30.5 Å². The lowest BCUT2D eigenvalue weighted by Gasteiger charge is -2.17. The number of hydrogen-bond donors (Lipinski definition) is 1. The van der Waals surface area contributed by atoms with Crippen LogP contribution in [0.4, 0.5) is 5.95 Å². The summed E-state index contributed by atoms with van der Waals surface area (Å²) in [6.45, 7) is 2.93. The van der Waals surface area contributed by atoms with Crippen LogP contribution in [0.1, 0.15) is 24.6 Å². The Morgan fingerprint density at radius 3 is 2.57 bits per heavy atom. The maximum atomic E-state index is 5.94. The maximum absolute atomic E-state index is 5.94. The summed E-state index contributed by atoms with van der Waals surface area (Å²) < 4.78 is 0. The lowest BCUT2D eigenvalue weighted by molar-refractivity contribution is 0.643. The number of nitrogens with two attached hydrogens (primary N) is 1. The molecule has 0 aliphatic rings. The Morgan fingerprint density at radius 1 is 1.19 bits per heavy atom. The molecule has 1 unspecified atom stereocenters. The normalized spacial score (nSPS) is 12.1. The zero-order chi connectivity index (χ0) is 15.1. The SMILES string of the molecule is CCC(N)Cc1cnc(N(C)CCc2ccccn2)nc1. The van der Waals surface area contributed by atoms with Gasteiger partial charge in [-0.15, -0.1) is 0 Å². The van der Waals surface area contributed by atoms with Gasteiger partial charge in [0.1, 0.15) is 0 Å². The number of nitrogens with zero attached hydrogens (tertiary/aromatic N) is 4. The molecule has 2 aromatic heterocycles. The van der Waals surface area contributed by atoms with E-state index in [0.717, 1.165) is 43.0 Å². The van der Waals surface area contributed by atoms with Crippen LogP contribution < -0.4 is 10.6 Å². The molecule has 0 spiro atoms. The summed E-state index contributed by atoms with van der Waals surface area (Å²) in [5.74, 6) is 0.736. The Bertz CT molecular complexity index is 526. The van der Waals surface area contributed by atoms with E-state index in [1.54, 1.807) is 0 Å². The second kappa shape index (κ2) is 7.69. The molecule has 112 valence electrons. The van der Waals surface area contributed by atoms with Gasteiger partial charge in [0, 0.05) is 50.3 Å². The molecule has 0 aromatic carbocycles. The summed E-state index contributed by atoms with van der Waals surface area (Å²) in [5.41, 5.74) is 8.11. The molecule has 2 aromatic rings. The van der Waals surface area contributed by atoms with Gasteiger partial charge in [-0.3, -0.25) is 4.98 Å². The molecule has 0 saturated carbocycles. The van der Waals surface area contributed by atoms with Crippen molar-refractivity contribution in [3.8, 4) is 0 Å². The monoisotopic (exact) mass is 285 g/mol. The summed E-state index contributed by atoms with van der Waals surface area (Å²) in [6, 6.07) is 6.14. The number of anilines is 1. The fourth-order valence-corrected chi connectivity index (χ4v) is 2.03. The van der Waals surface area contributed by atoms with Gasteiger partial charge in [-0.2, -0.15) is 0 Å². The van der Waals surface area contributed by atoms with Crippen molar-refractivity contribution in [3.05, 3.63) is 48.0 Å². The lowest BCUT2D eigenvalue weighted by atomic mass is 10.1. The molecule has 0 aliphatic carbocycles. The summed E-state index contributed by atoms with van der Waals surface area (Å²) in [6.07, 6.45) is 8.23. The highest BCUT2D eigenvalue weighted by atomic mass is 15.2. The Labute approximate surface area is 126 Å².